The Labute approximate surface area is 94.8 Å². The standard InChI is InChI=1S/C10H16ClN3O/c1-7(15-2)5-13-10-3-8(4-12)9(11)6-14-10/h3,6-7H,4-5,12H2,1-2H3,(H,13,14). The molecule has 1 unspecified atom stereocenters. The summed E-state index contributed by atoms with van der Waals surface area (Å²) in [6.45, 7) is 3.10. The van der Waals surface area contributed by atoms with Crippen molar-refractivity contribution in [2.45, 2.75) is 19.6 Å². The number of methoxy groups -OCH3 is 1. The summed E-state index contributed by atoms with van der Waals surface area (Å²) in [6, 6.07) is 1.85. The maximum absolute atomic E-state index is 5.89. The molecule has 0 amide bonds. The van der Waals surface area contributed by atoms with Crippen molar-refractivity contribution in [3.05, 3.63) is 22.8 Å². The first kappa shape index (κ1) is 12.2. The number of ether oxygens (including phenoxy) is 1. The highest BCUT2D eigenvalue weighted by atomic mass is 35.5. The Kier molecular flexibility index (Phi) is 4.81. The molecule has 1 atom stereocenters. The van der Waals surface area contributed by atoms with E-state index in [1.807, 2.05) is 13.0 Å². The molecule has 3 N–H and O–H groups in total. The van der Waals surface area contributed by atoms with Crippen LogP contribution in [0.4, 0.5) is 5.82 Å². The van der Waals surface area contributed by atoms with Gasteiger partial charge >= 0.3 is 0 Å². The normalized spacial score (nSPS) is 12.5. The third-order valence-electron chi connectivity index (χ3n) is 2.13. The molecule has 0 spiro atoms. The maximum atomic E-state index is 5.89. The molecule has 1 aromatic heterocycles. The number of rotatable bonds is 5. The topological polar surface area (TPSA) is 60.2 Å². The van der Waals surface area contributed by atoms with Crippen molar-refractivity contribution in [3.63, 3.8) is 0 Å². The van der Waals surface area contributed by atoms with Crippen LogP contribution in [0.5, 0.6) is 0 Å². The van der Waals surface area contributed by atoms with Gasteiger partial charge in [-0.2, -0.15) is 0 Å². The number of nitrogens with zero attached hydrogens (tertiary/aromatic N) is 1. The van der Waals surface area contributed by atoms with Crippen molar-refractivity contribution in [1.82, 2.24) is 4.98 Å². The lowest BCUT2D eigenvalue weighted by Crippen LogP contribution is -2.18. The lowest BCUT2D eigenvalue weighted by molar-refractivity contribution is 0.128. The zero-order valence-corrected chi connectivity index (χ0v) is 9.71. The van der Waals surface area contributed by atoms with Crippen LogP contribution in [-0.4, -0.2) is 24.7 Å². The van der Waals surface area contributed by atoms with E-state index < -0.39 is 0 Å². The molecular weight excluding hydrogens is 214 g/mol. The van der Waals surface area contributed by atoms with E-state index in [4.69, 9.17) is 22.1 Å². The number of hydrogen-bond donors (Lipinski definition) is 2. The molecule has 0 bridgehead atoms. The zero-order valence-electron chi connectivity index (χ0n) is 8.96. The van der Waals surface area contributed by atoms with Gasteiger partial charge in [-0.1, -0.05) is 11.6 Å². The summed E-state index contributed by atoms with van der Waals surface area (Å²) < 4.78 is 5.11. The highest BCUT2D eigenvalue weighted by molar-refractivity contribution is 6.31. The minimum atomic E-state index is 0.142. The van der Waals surface area contributed by atoms with Crippen molar-refractivity contribution in [1.29, 1.82) is 0 Å². The molecule has 5 heteroatoms. The van der Waals surface area contributed by atoms with Gasteiger partial charge in [0.05, 0.1) is 11.1 Å². The van der Waals surface area contributed by atoms with E-state index >= 15 is 0 Å². The fourth-order valence-electron chi connectivity index (χ4n) is 1.07. The van der Waals surface area contributed by atoms with Gasteiger partial charge in [0.2, 0.25) is 0 Å². The van der Waals surface area contributed by atoms with Crippen LogP contribution in [-0.2, 0) is 11.3 Å². The molecule has 1 heterocycles. The molecule has 84 valence electrons. The molecule has 0 aliphatic rings. The average molecular weight is 230 g/mol. The van der Waals surface area contributed by atoms with Gasteiger partial charge < -0.3 is 15.8 Å². The summed E-state index contributed by atoms with van der Waals surface area (Å²) in [7, 11) is 1.67. The molecule has 0 saturated heterocycles. The lowest BCUT2D eigenvalue weighted by Gasteiger charge is -2.12. The van der Waals surface area contributed by atoms with Gasteiger partial charge in [-0.05, 0) is 18.6 Å². The van der Waals surface area contributed by atoms with Gasteiger partial charge in [0.15, 0.2) is 0 Å². The zero-order chi connectivity index (χ0) is 11.3. The first-order chi connectivity index (χ1) is 7.17. The summed E-state index contributed by atoms with van der Waals surface area (Å²) in [4.78, 5) is 4.14. The van der Waals surface area contributed by atoms with Crippen LogP contribution in [0.2, 0.25) is 5.02 Å². The van der Waals surface area contributed by atoms with E-state index in [1.54, 1.807) is 13.3 Å². The van der Waals surface area contributed by atoms with Gasteiger partial charge in [-0.25, -0.2) is 4.98 Å². The molecule has 1 rings (SSSR count). The molecule has 0 aliphatic heterocycles. The van der Waals surface area contributed by atoms with Crippen LogP contribution in [0.25, 0.3) is 0 Å². The molecule has 15 heavy (non-hydrogen) atoms. The van der Waals surface area contributed by atoms with Crippen molar-refractivity contribution < 1.29 is 4.74 Å². The monoisotopic (exact) mass is 229 g/mol. The number of pyridine rings is 1. The highest BCUT2D eigenvalue weighted by Crippen LogP contribution is 2.17. The smallest absolute Gasteiger partial charge is 0.126 e. The van der Waals surface area contributed by atoms with E-state index in [1.165, 1.54) is 0 Å². The summed E-state index contributed by atoms with van der Waals surface area (Å²) in [6.07, 6.45) is 1.74. The molecule has 0 radical (unpaired) electrons. The van der Waals surface area contributed by atoms with Gasteiger partial charge in [-0.3, -0.25) is 0 Å². The second kappa shape index (κ2) is 5.90. The quantitative estimate of drug-likeness (QED) is 0.806. The minimum Gasteiger partial charge on any atom is -0.380 e. The molecule has 4 nitrogen and oxygen atoms in total. The molecule has 1 aromatic rings. The number of hydrogen-bond acceptors (Lipinski definition) is 4. The second-order valence-corrected chi connectivity index (χ2v) is 3.70. The number of nitrogens with one attached hydrogen (secondary N) is 1. The minimum absolute atomic E-state index is 0.142. The van der Waals surface area contributed by atoms with Gasteiger partial charge in [0.25, 0.3) is 0 Å². The maximum Gasteiger partial charge on any atom is 0.126 e. The lowest BCUT2D eigenvalue weighted by atomic mass is 10.2. The van der Waals surface area contributed by atoms with Crippen molar-refractivity contribution >= 4 is 17.4 Å². The van der Waals surface area contributed by atoms with E-state index in [-0.39, 0.29) is 6.10 Å². The first-order valence-corrected chi connectivity index (χ1v) is 5.16. The van der Waals surface area contributed by atoms with Crippen LogP contribution in [0.3, 0.4) is 0 Å². The van der Waals surface area contributed by atoms with Gasteiger partial charge in [-0.15, -0.1) is 0 Å². The van der Waals surface area contributed by atoms with Crippen LogP contribution < -0.4 is 11.1 Å². The first-order valence-electron chi connectivity index (χ1n) is 4.78. The molecule has 0 fully saturated rings. The van der Waals surface area contributed by atoms with Crippen molar-refractivity contribution in [3.8, 4) is 0 Å². The Hall–Kier alpha value is -0.840. The SMILES string of the molecule is COC(C)CNc1cc(CN)c(Cl)cn1. The predicted molar refractivity (Wildman–Crippen MR) is 62.1 cm³/mol. The van der Waals surface area contributed by atoms with E-state index in [0.717, 1.165) is 11.4 Å². The summed E-state index contributed by atoms with van der Waals surface area (Å²) >= 11 is 5.89. The van der Waals surface area contributed by atoms with Crippen LogP contribution in [0.15, 0.2) is 12.3 Å². The average Bonchev–Trinajstić information content (AvgIpc) is 2.27. The number of aromatic nitrogens is 1. The predicted octanol–water partition coefficient (Wildman–Crippen LogP) is 1.64. The van der Waals surface area contributed by atoms with Crippen LogP contribution >= 0.6 is 11.6 Å². The highest BCUT2D eigenvalue weighted by Gasteiger charge is 2.03. The van der Waals surface area contributed by atoms with Gasteiger partial charge in [0.1, 0.15) is 5.82 Å². The Morgan fingerprint density at radius 1 is 1.67 bits per heavy atom. The molecule has 0 aromatic carbocycles. The Morgan fingerprint density at radius 2 is 2.40 bits per heavy atom. The summed E-state index contributed by atoms with van der Waals surface area (Å²) in [5.41, 5.74) is 6.43. The fraction of sp³-hybridized carbons (Fsp3) is 0.500. The second-order valence-electron chi connectivity index (χ2n) is 3.29. The Bertz CT molecular complexity index is 320. The summed E-state index contributed by atoms with van der Waals surface area (Å²) in [5, 5.41) is 3.75. The molecular formula is C10H16ClN3O. The number of nitrogens with two attached hydrogens (primary N) is 1. The van der Waals surface area contributed by atoms with Crippen LogP contribution in [0, 0.1) is 0 Å². The molecule has 0 saturated carbocycles. The van der Waals surface area contributed by atoms with Gasteiger partial charge in [0, 0.05) is 26.4 Å². The van der Waals surface area contributed by atoms with E-state index in [9.17, 15) is 0 Å². The third kappa shape index (κ3) is 3.66. The fourth-order valence-corrected chi connectivity index (χ4v) is 1.25. The van der Waals surface area contributed by atoms with Crippen LogP contribution in [0.1, 0.15) is 12.5 Å². The third-order valence-corrected chi connectivity index (χ3v) is 2.47. The molecule has 0 aliphatic carbocycles. The summed E-state index contributed by atoms with van der Waals surface area (Å²) in [5.74, 6) is 0.767. The largest absolute Gasteiger partial charge is 0.380 e. The Balaban J connectivity index is 2.62. The van der Waals surface area contributed by atoms with E-state index in [0.29, 0.717) is 18.1 Å². The van der Waals surface area contributed by atoms with Crippen molar-refractivity contribution in [2.75, 3.05) is 19.0 Å². The number of anilines is 1. The Morgan fingerprint density at radius 3 is 3.00 bits per heavy atom. The van der Waals surface area contributed by atoms with Crippen molar-refractivity contribution in [2.24, 2.45) is 5.73 Å². The van der Waals surface area contributed by atoms with E-state index in [2.05, 4.69) is 10.3 Å². The number of halogens is 1.